The Bertz CT molecular complexity index is 936. The van der Waals surface area contributed by atoms with Crippen molar-refractivity contribution < 1.29 is 17.9 Å². The Morgan fingerprint density at radius 1 is 1.19 bits per heavy atom. The molecule has 5 nitrogen and oxygen atoms in total. The highest BCUT2D eigenvalue weighted by Crippen LogP contribution is 2.36. The number of halogens is 3. The van der Waals surface area contributed by atoms with Crippen LogP contribution in [-0.2, 0) is 6.42 Å². The van der Waals surface area contributed by atoms with Gasteiger partial charge in [0.25, 0.3) is 0 Å². The molecule has 3 heterocycles. The molecule has 8 heteroatoms. The zero-order valence-corrected chi connectivity index (χ0v) is 13.9. The number of fused-ring (bicyclic) bond motifs is 2. The smallest absolute Gasteiger partial charge is 0.389 e. The van der Waals surface area contributed by atoms with Gasteiger partial charge in [0, 0.05) is 24.9 Å². The van der Waals surface area contributed by atoms with E-state index in [9.17, 15) is 13.2 Å². The summed E-state index contributed by atoms with van der Waals surface area (Å²) in [7, 11) is 0. The molecule has 26 heavy (non-hydrogen) atoms. The van der Waals surface area contributed by atoms with Crippen molar-refractivity contribution in [3.8, 4) is 17.0 Å². The summed E-state index contributed by atoms with van der Waals surface area (Å²) in [5, 5.41) is 7.42. The van der Waals surface area contributed by atoms with Crippen molar-refractivity contribution in [1.29, 1.82) is 0 Å². The summed E-state index contributed by atoms with van der Waals surface area (Å²) >= 11 is 0. The molecule has 0 radical (unpaired) electrons. The first-order valence-corrected chi connectivity index (χ1v) is 8.42. The Labute approximate surface area is 147 Å². The van der Waals surface area contributed by atoms with Gasteiger partial charge in [-0.25, -0.2) is 9.50 Å². The minimum absolute atomic E-state index is 0.0000360. The van der Waals surface area contributed by atoms with Crippen LogP contribution in [0.5, 0.6) is 5.75 Å². The summed E-state index contributed by atoms with van der Waals surface area (Å²) in [6.45, 7) is 0.856. The fourth-order valence-corrected chi connectivity index (χ4v) is 3.07. The van der Waals surface area contributed by atoms with E-state index in [-0.39, 0.29) is 13.0 Å². The van der Waals surface area contributed by atoms with Gasteiger partial charge in [0.15, 0.2) is 5.65 Å². The largest absolute Gasteiger partial charge is 0.492 e. The Morgan fingerprint density at radius 3 is 2.92 bits per heavy atom. The van der Waals surface area contributed by atoms with E-state index in [1.54, 1.807) is 22.8 Å². The number of nitrogens with zero attached hydrogens (tertiary/aromatic N) is 3. The van der Waals surface area contributed by atoms with E-state index in [4.69, 9.17) is 4.74 Å². The van der Waals surface area contributed by atoms with Crippen molar-refractivity contribution in [2.24, 2.45) is 0 Å². The second kappa shape index (κ2) is 6.51. The number of aromatic nitrogens is 3. The molecule has 0 amide bonds. The number of benzene rings is 1. The Kier molecular flexibility index (Phi) is 4.18. The van der Waals surface area contributed by atoms with Crippen LogP contribution in [-0.4, -0.2) is 33.9 Å². The van der Waals surface area contributed by atoms with Gasteiger partial charge in [-0.1, -0.05) is 12.1 Å². The highest BCUT2D eigenvalue weighted by molar-refractivity contribution is 5.72. The van der Waals surface area contributed by atoms with Crippen LogP contribution in [0.1, 0.15) is 18.4 Å². The van der Waals surface area contributed by atoms with Gasteiger partial charge in [-0.2, -0.15) is 13.2 Å². The van der Waals surface area contributed by atoms with E-state index in [0.29, 0.717) is 18.1 Å². The number of imidazole rings is 1. The number of ether oxygens (including phenoxy) is 1. The number of alkyl halides is 3. The predicted molar refractivity (Wildman–Crippen MR) is 91.4 cm³/mol. The molecule has 0 atom stereocenters. The lowest BCUT2D eigenvalue weighted by Crippen LogP contribution is -2.12. The molecule has 1 aromatic carbocycles. The minimum Gasteiger partial charge on any atom is -0.492 e. The van der Waals surface area contributed by atoms with Gasteiger partial charge in [0.1, 0.15) is 11.6 Å². The zero-order chi connectivity index (χ0) is 18.1. The predicted octanol–water partition coefficient (Wildman–Crippen LogP) is 4.09. The maximum Gasteiger partial charge on any atom is 0.389 e. The van der Waals surface area contributed by atoms with E-state index in [1.807, 2.05) is 18.2 Å². The van der Waals surface area contributed by atoms with Crippen LogP contribution in [0.2, 0.25) is 0 Å². The Morgan fingerprint density at radius 2 is 2.08 bits per heavy atom. The molecule has 0 spiro atoms. The fraction of sp³-hybridized carbons (Fsp3) is 0.333. The first kappa shape index (κ1) is 16.7. The number of hydrogen-bond donors (Lipinski definition) is 1. The molecule has 0 aliphatic carbocycles. The SMILES string of the molecule is FC(F)(F)CCCNc1ccc2ncc(-c3cccc4c3OCC4)n2n1. The molecule has 0 fully saturated rings. The zero-order valence-electron chi connectivity index (χ0n) is 13.9. The molecule has 0 unspecified atom stereocenters. The average molecular weight is 362 g/mol. The van der Waals surface area contributed by atoms with E-state index in [1.165, 1.54) is 0 Å². The van der Waals surface area contributed by atoms with Crippen molar-refractivity contribution >= 4 is 11.5 Å². The monoisotopic (exact) mass is 362 g/mol. The number of hydrogen-bond acceptors (Lipinski definition) is 4. The van der Waals surface area contributed by atoms with Crippen LogP contribution < -0.4 is 10.1 Å². The molecular weight excluding hydrogens is 345 g/mol. The summed E-state index contributed by atoms with van der Waals surface area (Å²) in [5.74, 6) is 1.35. The molecule has 0 bridgehead atoms. The molecule has 136 valence electrons. The van der Waals surface area contributed by atoms with Crippen LogP contribution in [0.3, 0.4) is 0 Å². The molecule has 4 rings (SSSR count). The standard InChI is InChI=1S/C18H17F3N4O/c19-18(20,21)8-2-9-22-15-5-6-16-23-11-14(25(16)24-15)13-4-1-3-12-7-10-26-17(12)13/h1,3-6,11H,2,7-10H2,(H,22,24). The first-order chi connectivity index (χ1) is 12.5. The first-order valence-electron chi connectivity index (χ1n) is 8.42. The number of nitrogens with one attached hydrogen (secondary N) is 1. The van der Waals surface area contributed by atoms with Gasteiger partial charge in [-0.15, -0.1) is 5.10 Å². The second-order valence-electron chi connectivity index (χ2n) is 6.17. The minimum atomic E-state index is -4.13. The Hall–Kier alpha value is -2.77. The molecule has 0 saturated heterocycles. The molecule has 1 N–H and O–H groups in total. The van der Waals surface area contributed by atoms with Gasteiger partial charge in [0.05, 0.1) is 18.5 Å². The summed E-state index contributed by atoms with van der Waals surface area (Å²) < 4.78 is 44.1. The third kappa shape index (κ3) is 3.31. The highest BCUT2D eigenvalue weighted by atomic mass is 19.4. The van der Waals surface area contributed by atoms with Gasteiger partial charge in [-0.05, 0) is 30.2 Å². The fourth-order valence-electron chi connectivity index (χ4n) is 3.07. The molecule has 1 aliphatic heterocycles. The topological polar surface area (TPSA) is 51.5 Å². The van der Waals surface area contributed by atoms with Crippen LogP contribution in [0.4, 0.5) is 19.0 Å². The highest BCUT2D eigenvalue weighted by Gasteiger charge is 2.26. The lowest BCUT2D eigenvalue weighted by atomic mass is 10.1. The van der Waals surface area contributed by atoms with Gasteiger partial charge < -0.3 is 10.1 Å². The van der Waals surface area contributed by atoms with E-state index in [0.717, 1.165) is 29.0 Å². The van der Waals surface area contributed by atoms with Crippen molar-refractivity contribution in [2.75, 3.05) is 18.5 Å². The summed E-state index contributed by atoms with van der Waals surface area (Å²) in [4.78, 5) is 4.36. The van der Waals surface area contributed by atoms with Crippen molar-refractivity contribution in [3.63, 3.8) is 0 Å². The Balaban J connectivity index is 1.59. The third-order valence-corrected chi connectivity index (χ3v) is 4.30. The van der Waals surface area contributed by atoms with Crippen molar-refractivity contribution in [3.05, 3.63) is 42.1 Å². The van der Waals surface area contributed by atoms with Crippen LogP contribution >= 0.6 is 0 Å². The quantitative estimate of drug-likeness (QED) is 0.695. The normalized spacial score (nSPS) is 13.7. The van der Waals surface area contributed by atoms with E-state index in [2.05, 4.69) is 15.4 Å². The van der Waals surface area contributed by atoms with Crippen LogP contribution in [0, 0.1) is 0 Å². The van der Waals surface area contributed by atoms with Crippen molar-refractivity contribution in [1.82, 2.24) is 14.6 Å². The molecule has 0 saturated carbocycles. The van der Waals surface area contributed by atoms with E-state index < -0.39 is 12.6 Å². The third-order valence-electron chi connectivity index (χ3n) is 4.30. The van der Waals surface area contributed by atoms with Gasteiger partial charge >= 0.3 is 6.18 Å². The van der Waals surface area contributed by atoms with Gasteiger partial charge in [-0.3, -0.25) is 0 Å². The van der Waals surface area contributed by atoms with Crippen molar-refractivity contribution in [2.45, 2.75) is 25.4 Å². The molecule has 2 aromatic heterocycles. The lowest BCUT2D eigenvalue weighted by molar-refractivity contribution is -0.134. The summed E-state index contributed by atoms with van der Waals surface area (Å²) in [5.41, 5.74) is 3.52. The number of rotatable bonds is 5. The molecular formula is C18H17F3N4O. The summed E-state index contributed by atoms with van der Waals surface area (Å²) in [6, 6.07) is 9.47. The van der Waals surface area contributed by atoms with Gasteiger partial charge in [0.2, 0.25) is 0 Å². The van der Waals surface area contributed by atoms with Crippen LogP contribution in [0.15, 0.2) is 36.5 Å². The maximum absolute atomic E-state index is 12.2. The number of para-hydroxylation sites is 1. The summed E-state index contributed by atoms with van der Waals surface area (Å²) in [6.07, 6.45) is -2.34. The molecule has 1 aliphatic rings. The molecule has 3 aromatic rings. The second-order valence-corrected chi connectivity index (χ2v) is 6.17. The van der Waals surface area contributed by atoms with E-state index >= 15 is 0 Å². The average Bonchev–Trinajstić information content (AvgIpc) is 3.24. The number of anilines is 1. The lowest BCUT2D eigenvalue weighted by Gasteiger charge is -2.10. The maximum atomic E-state index is 12.2. The van der Waals surface area contributed by atoms with Crippen LogP contribution in [0.25, 0.3) is 16.9 Å².